The van der Waals surface area contributed by atoms with Crippen molar-refractivity contribution < 1.29 is 23.0 Å². The van der Waals surface area contributed by atoms with Gasteiger partial charge in [-0.1, -0.05) is 32.9 Å². The van der Waals surface area contributed by atoms with E-state index in [9.17, 15) is 18.3 Å². The van der Waals surface area contributed by atoms with Gasteiger partial charge in [-0.2, -0.15) is 0 Å². The highest BCUT2D eigenvalue weighted by Crippen LogP contribution is 2.40. The minimum absolute atomic E-state index is 0.329. The first-order chi connectivity index (χ1) is 7.93. The summed E-state index contributed by atoms with van der Waals surface area (Å²) >= 11 is 0. The van der Waals surface area contributed by atoms with Gasteiger partial charge in [-0.15, -0.1) is 13.2 Å². The first-order valence-electron chi connectivity index (χ1n) is 5.52. The van der Waals surface area contributed by atoms with Crippen molar-refractivity contribution >= 4 is 0 Å². The van der Waals surface area contributed by atoms with Crippen LogP contribution in [-0.4, -0.2) is 11.5 Å². The fourth-order valence-electron chi connectivity index (χ4n) is 1.43. The maximum Gasteiger partial charge on any atom is 0.573 e. The Morgan fingerprint density at radius 3 is 2.06 bits per heavy atom. The smallest absolute Gasteiger partial charge is 0.406 e. The summed E-state index contributed by atoms with van der Waals surface area (Å²) in [5.41, 5.74) is -1.38. The summed E-state index contributed by atoms with van der Waals surface area (Å²) in [6, 6.07) is 5.42. The van der Waals surface area contributed by atoms with Gasteiger partial charge in [0.1, 0.15) is 5.75 Å². The van der Waals surface area contributed by atoms with Crippen LogP contribution in [0.3, 0.4) is 0 Å². The Labute approximate surface area is 104 Å². The van der Waals surface area contributed by atoms with Gasteiger partial charge in [0, 0.05) is 0 Å². The van der Waals surface area contributed by atoms with Gasteiger partial charge in [-0.3, -0.25) is 0 Å². The van der Waals surface area contributed by atoms with E-state index in [0.717, 1.165) is 0 Å². The maximum atomic E-state index is 12.1. The van der Waals surface area contributed by atoms with E-state index < -0.39 is 17.4 Å². The molecule has 0 aliphatic carbocycles. The molecule has 0 aromatic heterocycles. The van der Waals surface area contributed by atoms with Gasteiger partial charge in [0.05, 0.1) is 5.60 Å². The van der Waals surface area contributed by atoms with Crippen molar-refractivity contribution in [2.24, 2.45) is 5.41 Å². The highest BCUT2D eigenvalue weighted by atomic mass is 19.4. The highest BCUT2D eigenvalue weighted by Gasteiger charge is 2.38. The molecule has 0 aliphatic heterocycles. The van der Waals surface area contributed by atoms with E-state index in [2.05, 4.69) is 4.74 Å². The summed E-state index contributed by atoms with van der Waals surface area (Å²) < 4.78 is 40.2. The van der Waals surface area contributed by atoms with Crippen molar-refractivity contribution in [3.63, 3.8) is 0 Å². The Morgan fingerprint density at radius 1 is 1.06 bits per heavy atom. The molecule has 5 heteroatoms. The molecule has 0 saturated carbocycles. The van der Waals surface area contributed by atoms with E-state index in [1.54, 1.807) is 13.0 Å². The summed E-state index contributed by atoms with van der Waals surface area (Å²) in [4.78, 5) is 0. The summed E-state index contributed by atoms with van der Waals surface area (Å²) in [6.07, 6.45) is -4.73. The molecule has 0 saturated heterocycles. The van der Waals surface area contributed by atoms with E-state index in [4.69, 9.17) is 0 Å². The molecule has 0 radical (unpaired) electrons. The Hall–Kier alpha value is -1.23. The van der Waals surface area contributed by atoms with Crippen molar-refractivity contribution in [3.8, 4) is 5.75 Å². The lowest BCUT2D eigenvalue weighted by Gasteiger charge is -2.37. The number of rotatable bonds is 2. The van der Waals surface area contributed by atoms with E-state index in [-0.39, 0.29) is 5.75 Å². The van der Waals surface area contributed by atoms with Crippen molar-refractivity contribution in [2.45, 2.75) is 39.7 Å². The molecule has 1 aromatic carbocycles. The molecule has 102 valence electrons. The highest BCUT2D eigenvalue weighted by molar-refractivity contribution is 5.33. The van der Waals surface area contributed by atoms with Crippen LogP contribution in [0.25, 0.3) is 0 Å². The first kappa shape index (κ1) is 14.8. The number of aliphatic hydroxyl groups is 1. The van der Waals surface area contributed by atoms with E-state index in [0.29, 0.717) is 5.56 Å². The Balaban J connectivity index is 3.10. The SMILES string of the molecule is CC(C)(C)C(C)(O)c1cccc(OC(F)(F)F)c1. The Kier molecular flexibility index (Phi) is 3.68. The lowest BCUT2D eigenvalue weighted by molar-refractivity contribution is -0.274. The van der Waals surface area contributed by atoms with Crippen LogP contribution in [0.4, 0.5) is 13.2 Å². The Morgan fingerprint density at radius 2 is 1.61 bits per heavy atom. The molecular weight excluding hydrogens is 245 g/mol. The quantitative estimate of drug-likeness (QED) is 0.877. The van der Waals surface area contributed by atoms with Crippen LogP contribution in [0, 0.1) is 5.41 Å². The van der Waals surface area contributed by atoms with Crippen molar-refractivity contribution in [1.82, 2.24) is 0 Å². The second-order valence-electron chi connectivity index (χ2n) is 5.40. The number of hydrogen-bond donors (Lipinski definition) is 1. The lowest BCUT2D eigenvalue weighted by Crippen LogP contribution is -2.36. The third kappa shape index (κ3) is 3.38. The van der Waals surface area contributed by atoms with Crippen LogP contribution < -0.4 is 4.74 Å². The van der Waals surface area contributed by atoms with Crippen LogP contribution >= 0.6 is 0 Å². The summed E-state index contributed by atoms with van der Waals surface area (Å²) in [5.74, 6) is -0.329. The van der Waals surface area contributed by atoms with Crippen LogP contribution in [-0.2, 0) is 5.60 Å². The molecule has 1 aromatic rings. The van der Waals surface area contributed by atoms with Gasteiger partial charge in [0.25, 0.3) is 0 Å². The molecule has 2 nitrogen and oxygen atoms in total. The molecule has 0 heterocycles. The lowest BCUT2D eigenvalue weighted by atomic mass is 9.73. The number of benzene rings is 1. The summed E-state index contributed by atoms with van der Waals surface area (Å²) in [7, 11) is 0. The molecule has 0 bridgehead atoms. The second-order valence-corrected chi connectivity index (χ2v) is 5.40. The van der Waals surface area contributed by atoms with Crippen LogP contribution in [0.2, 0.25) is 0 Å². The number of ether oxygens (including phenoxy) is 1. The third-order valence-electron chi connectivity index (χ3n) is 3.09. The topological polar surface area (TPSA) is 29.5 Å². The zero-order valence-corrected chi connectivity index (χ0v) is 10.8. The summed E-state index contributed by atoms with van der Waals surface area (Å²) in [6.45, 7) is 7.00. The van der Waals surface area contributed by atoms with Crippen molar-refractivity contribution in [2.75, 3.05) is 0 Å². The van der Waals surface area contributed by atoms with Gasteiger partial charge >= 0.3 is 6.36 Å². The van der Waals surface area contributed by atoms with Crippen molar-refractivity contribution in [3.05, 3.63) is 29.8 Å². The zero-order chi connectivity index (χ0) is 14.2. The fourth-order valence-corrected chi connectivity index (χ4v) is 1.43. The van der Waals surface area contributed by atoms with E-state index >= 15 is 0 Å². The van der Waals surface area contributed by atoms with Gasteiger partial charge < -0.3 is 9.84 Å². The molecule has 1 rings (SSSR count). The van der Waals surface area contributed by atoms with Gasteiger partial charge in [0.2, 0.25) is 0 Å². The van der Waals surface area contributed by atoms with Crippen LogP contribution in [0.15, 0.2) is 24.3 Å². The molecule has 18 heavy (non-hydrogen) atoms. The normalized spacial score (nSPS) is 16.2. The molecule has 1 unspecified atom stereocenters. The minimum Gasteiger partial charge on any atom is -0.406 e. The third-order valence-corrected chi connectivity index (χ3v) is 3.09. The maximum absolute atomic E-state index is 12.1. The monoisotopic (exact) mass is 262 g/mol. The zero-order valence-electron chi connectivity index (χ0n) is 10.8. The predicted octanol–water partition coefficient (Wildman–Crippen LogP) is 3.84. The Bertz CT molecular complexity index is 417. The van der Waals surface area contributed by atoms with Gasteiger partial charge in [-0.25, -0.2) is 0 Å². The molecule has 0 aliphatic rings. The molecule has 0 spiro atoms. The molecular formula is C13H17F3O2. The number of alkyl halides is 3. The number of halogens is 3. The molecule has 0 amide bonds. The summed E-state index contributed by atoms with van der Waals surface area (Å²) in [5, 5.41) is 10.4. The average molecular weight is 262 g/mol. The van der Waals surface area contributed by atoms with E-state index in [1.807, 2.05) is 20.8 Å². The molecule has 1 N–H and O–H groups in total. The predicted molar refractivity (Wildman–Crippen MR) is 62.2 cm³/mol. The van der Waals surface area contributed by atoms with Crippen LogP contribution in [0.1, 0.15) is 33.3 Å². The largest absolute Gasteiger partial charge is 0.573 e. The molecule has 0 fully saturated rings. The fraction of sp³-hybridized carbons (Fsp3) is 0.538. The van der Waals surface area contributed by atoms with E-state index in [1.165, 1.54) is 18.2 Å². The van der Waals surface area contributed by atoms with Crippen molar-refractivity contribution in [1.29, 1.82) is 0 Å². The first-order valence-corrected chi connectivity index (χ1v) is 5.52. The van der Waals surface area contributed by atoms with Gasteiger partial charge in [0.15, 0.2) is 0 Å². The minimum atomic E-state index is -4.73. The van der Waals surface area contributed by atoms with Gasteiger partial charge in [-0.05, 0) is 30.0 Å². The average Bonchev–Trinajstić information content (AvgIpc) is 2.13. The number of hydrogen-bond acceptors (Lipinski definition) is 2. The second kappa shape index (κ2) is 4.46. The molecule has 1 atom stereocenters. The standard InChI is InChI=1S/C13H17F3O2/c1-11(2,3)12(4,17)9-6-5-7-10(8-9)18-13(14,15)16/h5-8,17H,1-4H3. The van der Waals surface area contributed by atoms with Crippen LogP contribution in [0.5, 0.6) is 5.75 Å².